The average molecular weight is 567 g/mol. The quantitative estimate of drug-likeness (QED) is 0.306. The minimum Gasteiger partial charge on any atom is -0.399 e. The highest BCUT2D eigenvalue weighted by atomic mass is 32.5. The minimum atomic E-state index is -9.71. The highest BCUT2D eigenvalue weighted by Gasteiger charge is 2.65. The Morgan fingerprint density at radius 2 is 1.30 bits per heavy atom. The van der Waals surface area contributed by atoms with Gasteiger partial charge in [-0.15, -0.1) is 0 Å². The molecule has 0 aromatic heterocycles. The van der Waals surface area contributed by atoms with Crippen molar-refractivity contribution in [3.05, 3.63) is 48.5 Å². The van der Waals surface area contributed by atoms with Crippen LogP contribution in [0, 0.1) is 0 Å². The summed E-state index contributed by atoms with van der Waals surface area (Å²) < 4.78 is 103. The third kappa shape index (κ3) is 5.94. The van der Waals surface area contributed by atoms with Gasteiger partial charge >= 0.3 is 17.3 Å². The van der Waals surface area contributed by atoms with Crippen LogP contribution in [0.25, 0.3) is 0 Å². The van der Waals surface area contributed by atoms with Gasteiger partial charge in [-0.2, -0.15) is 0 Å². The van der Waals surface area contributed by atoms with E-state index >= 15 is 0 Å². The molecule has 206 valence electrons. The van der Waals surface area contributed by atoms with Gasteiger partial charge in [0.05, 0.1) is 21.3 Å². The summed E-state index contributed by atoms with van der Waals surface area (Å²) in [5, 5.41) is 2.43. The van der Waals surface area contributed by atoms with Crippen LogP contribution in [-0.2, 0) is 19.1 Å². The molecule has 2 aromatic carbocycles. The lowest BCUT2D eigenvalue weighted by molar-refractivity contribution is 0.00578. The van der Waals surface area contributed by atoms with Crippen LogP contribution in [0.2, 0.25) is 0 Å². The van der Waals surface area contributed by atoms with E-state index < -0.39 is 48.5 Å². The number of rotatable bonds is 6. The topological polar surface area (TPSA) is 64.6 Å². The second-order valence-electron chi connectivity index (χ2n) is 10.8. The summed E-state index contributed by atoms with van der Waals surface area (Å²) >= 11 is 0. The van der Waals surface area contributed by atoms with Crippen LogP contribution in [0.4, 0.5) is 25.1 Å². The van der Waals surface area contributed by atoms with E-state index in [9.17, 15) is 27.8 Å². The van der Waals surface area contributed by atoms with Crippen molar-refractivity contribution in [2.45, 2.75) is 85.7 Å². The molecule has 2 aromatic rings. The predicted octanol–water partition coefficient (Wildman–Crippen LogP) is 6.84. The number of anilines is 1. The molecule has 2 fully saturated rings. The van der Waals surface area contributed by atoms with E-state index in [1.807, 2.05) is 27.7 Å². The molecule has 37 heavy (non-hydrogen) atoms. The highest BCUT2D eigenvalue weighted by molar-refractivity contribution is 8.45. The molecule has 0 amide bonds. The number of nitrogens with one attached hydrogen (secondary N) is 1. The Labute approximate surface area is 214 Å². The van der Waals surface area contributed by atoms with E-state index in [1.165, 1.54) is 0 Å². The third-order valence-electron chi connectivity index (χ3n) is 7.52. The van der Waals surface area contributed by atoms with E-state index in [1.54, 1.807) is 24.3 Å². The summed E-state index contributed by atoms with van der Waals surface area (Å²) in [5.74, 6) is 0. The smallest absolute Gasteiger partial charge is 0.399 e. The van der Waals surface area contributed by atoms with Crippen molar-refractivity contribution in [3.8, 4) is 0 Å². The summed E-state index contributed by atoms with van der Waals surface area (Å²) in [4.78, 5) is -1.74. The van der Waals surface area contributed by atoms with Gasteiger partial charge in [0.25, 0.3) is 0 Å². The molecule has 4 rings (SSSR count). The fourth-order valence-corrected chi connectivity index (χ4v) is 6.99. The van der Waals surface area contributed by atoms with Gasteiger partial charge in [0.2, 0.25) is 0 Å². The van der Waals surface area contributed by atoms with Crippen molar-refractivity contribution in [3.63, 3.8) is 0 Å². The maximum Gasteiger partial charge on any atom is 0.494 e. The Morgan fingerprint density at radius 1 is 0.811 bits per heavy atom. The molecular formula is C24H31BF5NO4S2. The van der Waals surface area contributed by atoms with Gasteiger partial charge in [-0.3, -0.25) is 0 Å². The molecular weight excluding hydrogens is 536 g/mol. The molecule has 5 nitrogen and oxygen atoms in total. The van der Waals surface area contributed by atoms with Crippen molar-refractivity contribution < 1.29 is 37.2 Å². The fraction of sp³-hybridized carbons (Fsp3) is 0.500. The van der Waals surface area contributed by atoms with Crippen LogP contribution in [0.15, 0.2) is 58.3 Å². The molecule has 0 spiro atoms. The zero-order valence-electron chi connectivity index (χ0n) is 21.0. The first-order valence-electron chi connectivity index (χ1n) is 12.0. The number of hydrogen-bond acceptors (Lipinski definition) is 5. The summed E-state index contributed by atoms with van der Waals surface area (Å²) in [6.45, 7) is 7.75. The van der Waals surface area contributed by atoms with Gasteiger partial charge in [0, 0.05) is 11.7 Å². The van der Waals surface area contributed by atoms with Crippen LogP contribution in [0.5, 0.6) is 0 Å². The summed E-state index contributed by atoms with van der Waals surface area (Å²) in [6.07, 6.45) is 1.67. The third-order valence-corrected chi connectivity index (χ3v) is 11.0. The van der Waals surface area contributed by atoms with E-state index in [0.29, 0.717) is 37.8 Å². The lowest BCUT2D eigenvalue weighted by Gasteiger charge is -2.40. The molecule has 1 heterocycles. The number of hydrogen-bond donors (Lipinski definition) is 1. The predicted molar refractivity (Wildman–Crippen MR) is 137 cm³/mol. The van der Waals surface area contributed by atoms with E-state index in [-0.39, 0.29) is 16.6 Å². The van der Waals surface area contributed by atoms with E-state index in [2.05, 4.69) is 5.32 Å². The molecule has 1 N–H and O–H groups in total. The van der Waals surface area contributed by atoms with Crippen LogP contribution >= 0.6 is 10.2 Å². The molecule has 0 radical (unpaired) electrons. The van der Waals surface area contributed by atoms with Crippen molar-refractivity contribution in [1.82, 2.24) is 0 Å². The molecule has 1 saturated heterocycles. The normalized spacial score (nSPS) is 25.8. The number of halogens is 5. The van der Waals surface area contributed by atoms with Gasteiger partial charge in [-0.1, -0.05) is 31.6 Å². The number of benzene rings is 2. The summed E-state index contributed by atoms with van der Waals surface area (Å²) in [7, 11) is -13.9. The molecule has 0 bridgehead atoms. The van der Waals surface area contributed by atoms with Gasteiger partial charge in [0.1, 0.15) is 4.90 Å². The monoisotopic (exact) mass is 567 g/mol. The molecule has 1 aliphatic heterocycles. The Morgan fingerprint density at radius 3 is 1.76 bits per heavy atom. The molecule has 1 saturated carbocycles. The van der Waals surface area contributed by atoms with E-state index in [0.717, 1.165) is 17.6 Å². The minimum absolute atomic E-state index is 0.178. The number of sulfone groups is 1. The van der Waals surface area contributed by atoms with Crippen LogP contribution < -0.4 is 10.8 Å². The van der Waals surface area contributed by atoms with Gasteiger partial charge in [-0.25, -0.2) is 8.42 Å². The molecule has 1 aliphatic carbocycles. The Kier molecular flexibility index (Phi) is 6.35. The molecule has 0 atom stereocenters. The summed E-state index contributed by atoms with van der Waals surface area (Å²) in [6, 6.07) is 9.00. The standard InChI is InChI=1S/C24H31BF5NO4S2/c1-23(2)24(3,4)35-25(34-23)17-5-11-20(12-6-17)36(32,33)21-13-7-18(8-14-21)31-19-9-15-22(16-10-19)37(26,27,28,29)30/h5-6,9-12,15-16,18,21,31H,7-8,13-14H2,1-4H3. The molecule has 13 heteroatoms. The Balaban J connectivity index is 1.36. The molecule has 0 unspecified atom stereocenters. The van der Waals surface area contributed by atoms with Crippen molar-refractivity contribution in [1.29, 1.82) is 0 Å². The second kappa shape index (κ2) is 8.34. The first-order chi connectivity index (χ1) is 16.7. The first-order valence-corrected chi connectivity index (χ1v) is 15.5. The lowest BCUT2D eigenvalue weighted by atomic mass is 9.79. The average Bonchev–Trinajstić information content (AvgIpc) is 3.00. The lowest BCUT2D eigenvalue weighted by Crippen LogP contribution is -2.41. The van der Waals surface area contributed by atoms with Crippen LogP contribution in [0.3, 0.4) is 0 Å². The maximum absolute atomic E-state index is 13.2. The molecule has 2 aliphatic rings. The van der Waals surface area contributed by atoms with Gasteiger partial charge < -0.3 is 14.6 Å². The Bertz CT molecular complexity index is 1240. The van der Waals surface area contributed by atoms with Crippen LogP contribution in [0.1, 0.15) is 53.4 Å². The summed E-state index contributed by atoms with van der Waals surface area (Å²) in [5.41, 5.74) is -0.0272. The Hall–Kier alpha value is -1.83. The van der Waals surface area contributed by atoms with Crippen LogP contribution in [-0.4, -0.2) is 38.0 Å². The second-order valence-corrected chi connectivity index (χ2v) is 15.5. The zero-order valence-corrected chi connectivity index (χ0v) is 22.7. The van der Waals surface area contributed by atoms with Crippen molar-refractivity contribution in [2.24, 2.45) is 0 Å². The van der Waals surface area contributed by atoms with E-state index in [4.69, 9.17) is 9.31 Å². The highest BCUT2D eigenvalue weighted by Crippen LogP contribution is 3.02. The largest absolute Gasteiger partial charge is 0.494 e. The zero-order chi connectivity index (χ0) is 27.6. The first kappa shape index (κ1) is 28.2. The fourth-order valence-electron chi connectivity index (χ4n) is 4.55. The SMILES string of the molecule is CC1(C)OB(c2ccc(S(=O)(=O)C3CCC(Nc4ccc(S(F)(F)(F)(F)F)cc4)CC3)cc2)OC1(C)C. The van der Waals surface area contributed by atoms with Crippen molar-refractivity contribution >= 4 is 38.3 Å². The van der Waals surface area contributed by atoms with Gasteiger partial charge in [-0.05, 0) is 95.2 Å². The van der Waals surface area contributed by atoms with Gasteiger partial charge in [0.15, 0.2) is 9.84 Å². The maximum atomic E-state index is 13.2. The van der Waals surface area contributed by atoms with Crippen molar-refractivity contribution in [2.75, 3.05) is 5.32 Å².